The van der Waals surface area contributed by atoms with Crippen LogP contribution >= 0.6 is 11.6 Å². The molecule has 3 heterocycles. The van der Waals surface area contributed by atoms with Crippen LogP contribution < -0.4 is 5.32 Å². The van der Waals surface area contributed by atoms with Gasteiger partial charge in [-0.2, -0.15) is 0 Å². The summed E-state index contributed by atoms with van der Waals surface area (Å²) in [5, 5.41) is 3.26. The van der Waals surface area contributed by atoms with Crippen molar-refractivity contribution in [3.8, 4) is 0 Å². The van der Waals surface area contributed by atoms with E-state index in [-0.39, 0.29) is 11.9 Å². The Balaban J connectivity index is 1.70. The number of ether oxygens (including phenoxy) is 1. The number of nitrogens with one attached hydrogen (secondary N) is 1. The number of rotatable bonds is 5. The molecule has 1 aliphatic rings. The number of amides is 1. The van der Waals surface area contributed by atoms with E-state index < -0.39 is 0 Å². The number of aryl methyl sites for hydroxylation is 1. The van der Waals surface area contributed by atoms with Crippen molar-refractivity contribution in [1.29, 1.82) is 0 Å². The highest BCUT2D eigenvalue weighted by atomic mass is 35.5. The van der Waals surface area contributed by atoms with Crippen LogP contribution in [0.3, 0.4) is 0 Å². The zero-order chi connectivity index (χ0) is 16.9. The number of hydrogen-bond acceptors (Lipinski definition) is 5. The van der Waals surface area contributed by atoms with Gasteiger partial charge >= 0.3 is 0 Å². The lowest BCUT2D eigenvalue weighted by Gasteiger charge is -2.33. The van der Waals surface area contributed by atoms with Crippen LogP contribution in [0.2, 0.25) is 5.15 Å². The predicted molar refractivity (Wildman–Crippen MR) is 90.2 cm³/mol. The van der Waals surface area contributed by atoms with Crippen molar-refractivity contribution in [3.05, 3.63) is 52.7 Å². The van der Waals surface area contributed by atoms with Crippen molar-refractivity contribution in [1.82, 2.24) is 15.2 Å². The van der Waals surface area contributed by atoms with E-state index in [1.165, 1.54) is 6.20 Å². The zero-order valence-corrected chi connectivity index (χ0v) is 14.3. The van der Waals surface area contributed by atoms with E-state index in [2.05, 4.69) is 15.2 Å². The van der Waals surface area contributed by atoms with Gasteiger partial charge in [0.2, 0.25) is 0 Å². The van der Waals surface area contributed by atoms with E-state index in [0.717, 1.165) is 24.6 Å². The summed E-state index contributed by atoms with van der Waals surface area (Å²) in [6.45, 7) is 5.35. The topological polar surface area (TPSA) is 67.6 Å². The maximum absolute atomic E-state index is 12.3. The van der Waals surface area contributed by atoms with Crippen LogP contribution in [0, 0.1) is 6.92 Å². The van der Waals surface area contributed by atoms with E-state index >= 15 is 0 Å². The number of aromatic nitrogens is 1. The Hall–Kier alpha value is -1.89. The van der Waals surface area contributed by atoms with Crippen molar-refractivity contribution < 1.29 is 13.9 Å². The van der Waals surface area contributed by atoms with Gasteiger partial charge in [0, 0.05) is 31.4 Å². The SMILES string of the molecule is Cc1ccc(C(CNC(=O)c2ccnc(Cl)c2)N2CCOCC2)o1. The molecule has 1 atom stereocenters. The summed E-state index contributed by atoms with van der Waals surface area (Å²) >= 11 is 5.84. The highest BCUT2D eigenvalue weighted by Gasteiger charge is 2.25. The van der Waals surface area contributed by atoms with Crippen molar-refractivity contribution in [2.75, 3.05) is 32.8 Å². The summed E-state index contributed by atoms with van der Waals surface area (Å²) < 4.78 is 11.2. The maximum atomic E-state index is 12.3. The van der Waals surface area contributed by atoms with Crippen LogP contribution in [0.4, 0.5) is 0 Å². The lowest BCUT2D eigenvalue weighted by molar-refractivity contribution is 0.0117. The third kappa shape index (κ3) is 4.14. The van der Waals surface area contributed by atoms with Gasteiger partial charge in [-0.3, -0.25) is 9.69 Å². The van der Waals surface area contributed by atoms with Gasteiger partial charge < -0.3 is 14.5 Å². The maximum Gasteiger partial charge on any atom is 0.251 e. The van der Waals surface area contributed by atoms with E-state index in [0.29, 0.717) is 30.5 Å². The number of furan rings is 1. The number of pyridine rings is 1. The number of morpholine rings is 1. The Kier molecular flexibility index (Phi) is 5.50. The highest BCUT2D eigenvalue weighted by Crippen LogP contribution is 2.23. The Morgan fingerprint density at radius 3 is 2.83 bits per heavy atom. The van der Waals surface area contributed by atoms with E-state index in [4.69, 9.17) is 20.8 Å². The molecule has 0 radical (unpaired) electrons. The minimum absolute atomic E-state index is 0.0242. The molecule has 2 aromatic heterocycles. The fraction of sp³-hybridized carbons (Fsp3) is 0.412. The Morgan fingerprint density at radius 1 is 1.38 bits per heavy atom. The third-order valence-corrected chi connectivity index (χ3v) is 4.23. The summed E-state index contributed by atoms with van der Waals surface area (Å²) in [5.74, 6) is 1.53. The van der Waals surface area contributed by atoms with Crippen molar-refractivity contribution in [2.45, 2.75) is 13.0 Å². The number of carbonyl (C=O) groups is 1. The Morgan fingerprint density at radius 2 is 2.17 bits per heavy atom. The number of hydrogen-bond donors (Lipinski definition) is 1. The second-order valence-electron chi connectivity index (χ2n) is 5.69. The molecule has 0 spiro atoms. The molecule has 1 aliphatic heterocycles. The van der Waals surface area contributed by atoms with Crippen LogP contribution in [-0.4, -0.2) is 48.6 Å². The minimum atomic E-state index is -0.180. The largest absolute Gasteiger partial charge is 0.465 e. The molecule has 128 valence electrons. The molecular weight excluding hydrogens is 330 g/mol. The van der Waals surface area contributed by atoms with E-state index in [9.17, 15) is 4.79 Å². The summed E-state index contributed by atoms with van der Waals surface area (Å²) in [6, 6.07) is 7.07. The number of nitrogens with zero attached hydrogens (tertiary/aromatic N) is 2. The first-order valence-corrected chi connectivity index (χ1v) is 8.29. The van der Waals surface area contributed by atoms with E-state index in [1.54, 1.807) is 12.1 Å². The molecule has 0 bridgehead atoms. The van der Waals surface area contributed by atoms with Gasteiger partial charge in [0.1, 0.15) is 16.7 Å². The molecule has 2 aromatic rings. The third-order valence-electron chi connectivity index (χ3n) is 4.02. The minimum Gasteiger partial charge on any atom is -0.465 e. The molecule has 1 N–H and O–H groups in total. The quantitative estimate of drug-likeness (QED) is 0.840. The van der Waals surface area contributed by atoms with Crippen LogP contribution in [0.5, 0.6) is 0 Å². The summed E-state index contributed by atoms with van der Waals surface area (Å²) in [6.07, 6.45) is 1.52. The molecule has 3 rings (SSSR count). The van der Waals surface area contributed by atoms with E-state index in [1.807, 2.05) is 19.1 Å². The molecule has 0 aromatic carbocycles. The fourth-order valence-corrected chi connectivity index (χ4v) is 2.94. The molecule has 6 nitrogen and oxygen atoms in total. The molecule has 1 fully saturated rings. The molecular formula is C17H20ClN3O3. The average Bonchev–Trinajstić information content (AvgIpc) is 3.02. The average molecular weight is 350 g/mol. The van der Waals surface area contributed by atoms with Gasteiger partial charge in [-0.05, 0) is 31.2 Å². The van der Waals surface area contributed by atoms with Gasteiger partial charge in [0.25, 0.3) is 5.91 Å². The van der Waals surface area contributed by atoms with Crippen molar-refractivity contribution >= 4 is 17.5 Å². The first-order chi connectivity index (χ1) is 11.6. The fourth-order valence-electron chi connectivity index (χ4n) is 2.77. The van der Waals surface area contributed by atoms with Crippen LogP contribution in [0.25, 0.3) is 0 Å². The molecule has 7 heteroatoms. The number of halogens is 1. The first-order valence-electron chi connectivity index (χ1n) is 7.91. The molecule has 0 saturated carbocycles. The summed E-state index contributed by atoms with van der Waals surface area (Å²) in [7, 11) is 0. The van der Waals surface area contributed by atoms with Gasteiger partial charge in [-0.1, -0.05) is 11.6 Å². The standard InChI is InChI=1S/C17H20ClN3O3/c1-12-2-3-15(24-12)14(21-6-8-23-9-7-21)11-20-17(22)13-4-5-19-16(18)10-13/h2-5,10,14H,6-9,11H2,1H3,(H,20,22). The zero-order valence-electron chi connectivity index (χ0n) is 13.5. The van der Waals surface area contributed by atoms with Gasteiger partial charge in [0.15, 0.2) is 0 Å². The summed E-state index contributed by atoms with van der Waals surface area (Å²) in [5.41, 5.74) is 0.492. The number of carbonyl (C=O) groups excluding carboxylic acids is 1. The Bertz CT molecular complexity index is 698. The Labute approximate surface area is 145 Å². The van der Waals surface area contributed by atoms with Crippen molar-refractivity contribution in [2.24, 2.45) is 0 Å². The van der Waals surface area contributed by atoms with Gasteiger partial charge in [-0.15, -0.1) is 0 Å². The molecule has 24 heavy (non-hydrogen) atoms. The van der Waals surface area contributed by atoms with Gasteiger partial charge in [0.05, 0.1) is 19.3 Å². The predicted octanol–water partition coefficient (Wildman–Crippen LogP) is 2.44. The highest BCUT2D eigenvalue weighted by molar-refractivity contribution is 6.29. The molecule has 1 amide bonds. The lowest BCUT2D eigenvalue weighted by Crippen LogP contribution is -2.43. The molecule has 1 saturated heterocycles. The van der Waals surface area contributed by atoms with Crippen LogP contribution in [0.15, 0.2) is 34.9 Å². The first kappa shape index (κ1) is 17.0. The molecule has 1 unspecified atom stereocenters. The smallest absolute Gasteiger partial charge is 0.251 e. The van der Waals surface area contributed by atoms with Crippen LogP contribution in [-0.2, 0) is 4.74 Å². The second kappa shape index (κ2) is 7.79. The van der Waals surface area contributed by atoms with Crippen molar-refractivity contribution in [3.63, 3.8) is 0 Å². The lowest BCUT2D eigenvalue weighted by atomic mass is 10.1. The summed E-state index contributed by atoms with van der Waals surface area (Å²) in [4.78, 5) is 18.5. The normalized spacial score (nSPS) is 16.8. The van der Waals surface area contributed by atoms with Gasteiger partial charge in [-0.25, -0.2) is 4.98 Å². The monoisotopic (exact) mass is 349 g/mol. The molecule has 0 aliphatic carbocycles. The second-order valence-corrected chi connectivity index (χ2v) is 6.08. The van der Waals surface area contributed by atoms with Crippen LogP contribution in [0.1, 0.15) is 27.9 Å².